The molecule has 1 aromatic heterocycles. The number of esters is 1. The van der Waals surface area contributed by atoms with Crippen LogP contribution in [0.1, 0.15) is 5.76 Å². The molecule has 1 N–H and O–H groups in total. The normalized spacial score (nSPS) is 15.6. The summed E-state index contributed by atoms with van der Waals surface area (Å²) in [7, 11) is 1.18. The van der Waals surface area contributed by atoms with Crippen molar-refractivity contribution in [3.8, 4) is 11.3 Å². The van der Waals surface area contributed by atoms with Gasteiger partial charge < -0.3 is 14.5 Å². The van der Waals surface area contributed by atoms with Gasteiger partial charge in [0.1, 0.15) is 23.8 Å². The number of halogens is 1. The van der Waals surface area contributed by atoms with Gasteiger partial charge in [-0.05, 0) is 24.3 Å². The minimum Gasteiger partial charge on any atom is -0.468 e. The zero-order chi connectivity index (χ0) is 18.0. The zero-order valence-electron chi connectivity index (χ0n) is 13.1. The number of benzene rings is 1. The van der Waals surface area contributed by atoms with Crippen molar-refractivity contribution in [2.75, 3.05) is 13.7 Å². The van der Waals surface area contributed by atoms with E-state index in [1.165, 1.54) is 13.2 Å². The van der Waals surface area contributed by atoms with Crippen molar-refractivity contribution in [2.45, 2.75) is 0 Å². The summed E-state index contributed by atoms with van der Waals surface area (Å²) in [6.45, 7) is -0.444. The minimum absolute atomic E-state index is 0.0315. The lowest BCUT2D eigenvalue weighted by Crippen LogP contribution is -2.36. The second kappa shape index (κ2) is 6.94. The summed E-state index contributed by atoms with van der Waals surface area (Å²) in [5, 5.41) is 2.41. The fraction of sp³-hybridized carbons (Fsp3) is 0.118. The monoisotopic (exact) mass is 404 g/mol. The average molecular weight is 405 g/mol. The molecule has 0 bridgehead atoms. The number of imide groups is 1. The fourth-order valence-electron chi connectivity index (χ4n) is 2.28. The molecule has 7 nitrogen and oxygen atoms in total. The number of carbonyl (C=O) groups is 3. The van der Waals surface area contributed by atoms with Gasteiger partial charge in [0.05, 0.1) is 7.11 Å². The average Bonchev–Trinajstić information content (AvgIpc) is 3.15. The van der Waals surface area contributed by atoms with E-state index in [2.05, 4.69) is 26.0 Å². The van der Waals surface area contributed by atoms with E-state index in [0.717, 1.165) is 14.9 Å². The quantitative estimate of drug-likeness (QED) is 0.480. The maximum Gasteiger partial charge on any atom is 0.329 e. The summed E-state index contributed by atoms with van der Waals surface area (Å²) in [4.78, 5) is 36.1. The number of urea groups is 1. The van der Waals surface area contributed by atoms with Crippen LogP contribution in [-0.2, 0) is 14.3 Å². The molecule has 0 atom stereocenters. The Hall–Kier alpha value is -2.87. The van der Waals surface area contributed by atoms with Gasteiger partial charge in [0.15, 0.2) is 0 Å². The van der Waals surface area contributed by atoms with Crippen LogP contribution in [0, 0.1) is 0 Å². The van der Waals surface area contributed by atoms with Crippen molar-refractivity contribution in [1.82, 2.24) is 10.2 Å². The SMILES string of the molecule is COC(=O)CN1C(=O)N/C(=C/c2ccc(-c3cccc(Br)c3)o2)C1=O. The molecule has 2 aromatic rings. The third kappa shape index (κ3) is 3.63. The number of hydrogen-bond donors (Lipinski definition) is 1. The Bertz CT molecular complexity index is 887. The standard InChI is InChI=1S/C17H13BrN2O5/c1-24-15(21)9-20-16(22)13(19-17(20)23)8-12-5-6-14(25-12)10-3-2-4-11(18)7-10/h2-8H,9H2,1H3,(H,19,23)/b13-8+. The van der Waals surface area contributed by atoms with E-state index in [9.17, 15) is 14.4 Å². The van der Waals surface area contributed by atoms with Gasteiger partial charge in [-0.3, -0.25) is 9.59 Å². The number of amides is 3. The number of methoxy groups -OCH3 is 1. The van der Waals surface area contributed by atoms with Gasteiger partial charge in [-0.2, -0.15) is 0 Å². The van der Waals surface area contributed by atoms with E-state index in [0.29, 0.717) is 11.5 Å². The van der Waals surface area contributed by atoms with Gasteiger partial charge in [-0.1, -0.05) is 28.1 Å². The lowest BCUT2D eigenvalue weighted by molar-refractivity contribution is -0.143. The lowest BCUT2D eigenvalue weighted by Gasteiger charge is -2.08. The molecule has 0 radical (unpaired) electrons. The molecule has 8 heteroatoms. The molecule has 2 heterocycles. The Balaban J connectivity index is 1.81. The van der Waals surface area contributed by atoms with Gasteiger partial charge in [0, 0.05) is 16.1 Å². The Morgan fingerprint density at radius 2 is 2.12 bits per heavy atom. The molecule has 1 aliphatic rings. The Morgan fingerprint density at radius 1 is 1.32 bits per heavy atom. The molecule has 3 amide bonds. The zero-order valence-corrected chi connectivity index (χ0v) is 14.7. The van der Waals surface area contributed by atoms with Crippen LogP contribution in [0.2, 0.25) is 0 Å². The van der Waals surface area contributed by atoms with Crippen LogP contribution in [0.4, 0.5) is 4.79 Å². The Kier molecular flexibility index (Phi) is 4.71. The molecule has 128 valence electrons. The molecule has 25 heavy (non-hydrogen) atoms. The molecule has 3 rings (SSSR count). The smallest absolute Gasteiger partial charge is 0.329 e. The van der Waals surface area contributed by atoms with Crippen molar-refractivity contribution in [1.29, 1.82) is 0 Å². The van der Waals surface area contributed by atoms with Crippen molar-refractivity contribution >= 4 is 39.9 Å². The topological polar surface area (TPSA) is 88.8 Å². The maximum absolute atomic E-state index is 12.2. The number of furan rings is 1. The summed E-state index contributed by atoms with van der Waals surface area (Å²) >= 11 is 3.39. The molecular formula is C17H13BrN2O5. The summed E-state index contributed by atoms with van der Waals surface area (Å²) < 4.78 is 11.1. The van der Waals surface area contributed by atoms with Crippen molar-refractivity contribution < 1.29 is 23.5 Å². The number of hydrogen-bond acceptors (Lipinski definition) is 5. The molecule has 0 aliphatic carbocycles. The van der Waals surface area contributed by atoms with Crippen molar-refractivity contribution in [2.24, 2.45) is 0 Å². The van der Waals surface area contributed by atoms with Crippen molar-refractivity contribution in [3.05, 3.63) is 52.3 Å². The van der Waals surface area contributed by atoms with Crippen LogP contribution < -0.4 is 5.32 Å². The molecule has 0 saturated carbocycles. The van der Waals surface area contributed by atoms with E-state index in [1.807, 2.05) is 24.3 Å². The molecule has 1 fully saturated rings. The summed E-state index contributed by atoms with van der Waals surface area (Å²) in [6, 6.07) is 10.3. The Labute approximate surface area is 151 Å². The summed E-state index contributed by atoms with van der Waals surface area (Å²) in [5.41, 5.74) is 0.900. The van der Waals surface area contributed by atoms with Crippen LogP contribution in [0.3, 0.4) is 0 Å². The van der Waals surface area contributed by atoms with Gasteiger partial charge in [-0.25, -0.2) is 9.69 Å². The molecule has 0 spiro atoms. The Morgan fingerprint density at radius 3 is 2.84 bits per heavy atom. The highest BCUT2D eigenvalue weighted by molar-refractivity contribution is 9.10. The van der Waals surface area contributed by atoms with E-state index in [4.69, 9.17) is 4.42 Å². The predicted octanol–water partition coefficient (Wildman–Crippen LogP) is 2.77. The van der Waals surface area contributed by atoms with Gasteiger partial charge in [-0.15, -0.1) is 0 Å². The van der Waals surface area contributed by atoms with Crippen LogP contribution >= 0.6 is 15.9 Å². The van der Waals surface area contributed by atoms with Gasteiger partial charge >= 0.3 is 12.0 Å². The van der Waals surface area contributed by atoms with Crippen molar-refractivity contribution in [3.63, 3.8) is 0 Å². The predicted molar refractivity (Wildman–Crippen MR) is 92.1 cm³/mol. The van der Waals surface area contributed by atoms with Gasteiger partial charge in [0.25, 0.3) is 5.91 Å². The number of nitrogens with zero attached hydrogens (tertiary/aromatic N) is 1. The van der Waals surface area contributed by atoms with Gasteiger partial charge in [0.2, 0.25) is 0 Å². The molecule has 1 saturated heterocycles. The van der Waals surface area contributed by atoms with E-state index >= 15 is 0 Å². The first-order valence-corrected chi connectivity index (χ1v) is 8.04. The number of nitrogens with one attached hydrogen (secondary N) is 1. The maximum atomic E-state index is 12.2. The summed E-state index contributed by atoms with van der Waals surface area (Å²) in [6.07, 6.45) is 1.42. The highest BCUT2D eigenvalue weighted by atomic mass is 79.9. The highest BCUT2D eigenvalue weighted by Crippen LogP contribution is 2.26. The fourth-order valence-corrected chi connectivity index (χ4v) is 2.68. The van der Waals surface area contributed by atoms with Crippen LogP contribution in [-0.4, -0.2) is 36.5 Å². The molecule has 1 aromatic carbocycles. The summed E-state index contributed by atoms with van der Waals surface area (Å²) in [5.74, 6) is -0.273. The number of carbonyl (C=O) groups excluding carboxylic acids is 3. The van der Waals surface area contributed by atoms with Crippen LogP contribution in [0.25, 0.3) is 17.4 Å². The van der Waals surface area contributed by atoms with E-state index in [-0.39, 0.29) is 5.70 Å². The third-order valence-corrected chi connectivity index (χ3v) is 3.99. The third-order valence-electron chi connectivity index (χ3n) is 3.50. The number of ether oxygens (including phenoxy) is 1. The first kappa shape index (κ1) is 17.0. The molecule has 1 aliphatic heterocycles. The first-order valence-electron chi connectivity index (χ1n) is 7.25. The first-order chi connectivity index (χ1) is 12.0. The highest BCUT2D eigenvalue weighted by Gasteiger charge is 2.35. The lowest BCUT2D eigenvalue weighted by atomic mass is 10.2. The van der Waals surface area contributed by atoms with Crippen LogP contribution in [0.15, 0.2) is 51.0 Å². The number of rotatable bonds is 4. The van der Waals surface area contributed by atoms with Crippen LogP contribution in [0.5, 0.6) is 0 Å². The minimum atomic E-state index is -0.681. The molecular weight excluding hydrogens is 392 g/mol. The largest absolute Gasteiger partial charge is 0.468 e. The molecule has 0 unspecified atom stereocenters. The van der Waals surface area contributed by atoms with E-state index in [1.54, 1.807) is 12.1 Å². The second-order valence-corrected chi connectivity index (χ2v) is 6.08. The second-order valence-electron chi connectivity index (χ2n) is 5.17. The van der Waals surface area contributed by atoms with E-state index < -0.39 is 24.5 Å².